The number of hydrogen-bond donors (Lipinski definition) is 0. The first-order valence-electron chi connectivity index (χ1n) is 5.83. The summed E-state index contributed by atoms with van der Waals surface area (Å²) in [5.74, 6) is -1.92. The third-order valence-electron chi connectivity index (χ3n) is 2.59. The molecule has 0 aliphatic rings. The van der Waals surface area contributed by atoms with E-state index in [1.165, 1.54) is 4.31 Å². The van der Waals surface area contributed by atoms with Gasteiger partial charge in [-0.15, -0.1) is 11.6 Å². The summed E-state index contributed by atoms with van der Waals surface area (Å²) in [5.41, 5.74) is 0. The predicted molar refractivity (Wildman–Crippen MR) is 70.7 cm³/mol. The van der Waals surface area contributed by atoms with Gasteiger partial charge in [-0.2, -0.15) is 4.31 Å². The van der Waals surface area contributed by atoms with Crippen LogP contribution in [0.15, 0.2) is 23.1 Å². The molecule has 0 unspecified atom stereocenters. The summed E-state index contributed by atoms with van der Waals surface area (Å²) in [6.45, 7) is 3.67. The Morgan fingerprint density at radius 2 is 1.89 bits per heavy atom. The SMILES string of the molecule is CC(C)N(CCCCl)S(=O)(=O)c1ccc(F)c(F)c1. The fourth-order valence-electron chi connectivity index (χ4n) is 1.64. The molecule has 1 aromatic carbocycles. The van der Waals surface area contributed by atoms with Gasteiger partial charge in [0.15, 0.2) is 11.6 Å². The van der Waals surface area contributed by atoms with Gasteiger partial charge in [0.25, 0.3) is 0 Å². The zero-order valence-electron chi connectivity index (χ0n) is 10.7. The molecule has 0 N–H and O–H groups in total. The molecule has 108 valence electrons. The van der Waals surface area contributed by atoms with E-state index < -0.39 is 21.7 Å². The van der Waals surface area contributed by atoms with Gasteiger partial charge in [0.05, 0.1) is 4.90 Å². The highest BCUT2D eigenvalue weighted by atomic mass is 35.5. The van der Waals surface area contributed by atoms with Gasteiger partial charge in [-0.05, 0) is 38.5 Å². The summed E-state index contributed by atoms with van der Waals surface area (Å²) in [4.78, 5) is -0.255. The van der Waals surface area contributed by atoms with E-state index >= 15 is 0 Å². The molecule has 0 heterocycles. The lowest BCUT2D eigenvalue weighted by Crippen LogP contribution is -2.37. The molecule has 3 nitrogen and oxygen atoms in total. The Balaban J connectivity index is 3.15. The summed E-state index contributed by atoms with van der Waals surface area (Å²) < 4.78 is 51.9. The predicted octanol–water partition coefficient (Wildman–Crippen LogP) is 2.99. The molecule has 0 aromatic heterocycles. The zero-order chi connectivity index (χ0) is 14.6. The van der Waals surface area contributed by atoms with Crippen LogP contribution in [-0.2, 0) is 10.0 Å². The Bertz CT molecular complexity index is 535. The van der Waals surface area contributed by atoms with Crippen molar-refractivity contribution in [2.45, 2.75) is 31.2 Å². The first-order chi connectivity index (χ1) is 8.80. The fourth-order valence-corrected chi connectivity index (χ4v) is 3.45. The molecule has 0 aliphatic heterocycles. The van der Waals surface area contributed by atoms with Gasteiger partial charge in [0.1, 0.15) is 0 Å². The Hall–Kier alpha value is -0.720. The Kier molecular flexibility index (Phi) is 5.70. The molecule has 0 saturated carbocycles. The minimum Gasteiger partial charge on any atom is -0.207 e. The number of nitrogens with zero attached hydrogens (tertiary/aromatic N) is 1. The minimum absolute atomic E-state index is 0.239. The Morgan fingerprint density at radius 3 is 2.37 bits per heavy atom. The van der Waals surface area contributed by atoms with E-state index in [1.807, 2.05) is 0 Å². The van der Waals surface area contributed by atoms with Gasteiger partial charge in [-0.1, -0.05) is 0 Å². The lowest BCUT2D eigenvalue weighted by Gasteiger charge is -2.25. The van der Waals surface area contributed by atoms with E-state index in [2.05, 4.69) is 0 Å². The van der Waals surface area contributed by atoms with Crippen molar-refractivity contribution >= 4 is 21.6 Å². The normalized spacial score (nSPS) is 12.4. The molecule has 0 saturated heterocycles. The number of benzene rings is 1. The van der Waals surface area contributed by atoms with Crippen LogP contribution in [0.3, 0.4) is 0 Å². The molecule has 0 fully saturated rings. The summed E-state index contributed by atoms with van der Waals surface area (Å²) >= 11 is 5.56. The highest BCUT2D eigenvalue weighted by Crippen LogP contribution is 2.20. The van der Waals surface area contributed by atoms with Gasteiger partial charge in [-0.3, -0.25) is 0 Å². The zero-order valence-corrected chi connectivity index (χ0v) is 12.3. The molecule has 0 atom stereocenters. The van der Waals surface area contributed by atoms with Crippen LogP contribution in [0.1, 0.15) is 20.3 Å². The first kappa shape index (κ1) is 16.3. The molecule has 7 heteroatoms. The van der Waals surface area contributed by atoms with Crippen LogP contribution < -0.4 is 0 Å². The number of rotatable bonds is 6. The highest BCUT2D eigenvalue weighted by molar-refractivity contribution is 7.89. The monoisotopic (exact) mass is 311 g/mol. The van der Waals surface area contributed by atoms with Gasteiger partial charge >= 0.3 is 0 Å². The topological polar surface area (TPSA) is 37.4 Å². The lowest BCUT2D eigenvalue weighted by atomic mass is 10.3. The average Bonchev–Trinajstić information content (AvgIpc) is 2.32. The highest BCUT2D eigenvalue weighted by Gasteiger charge is 2.27. The molecular weight excluding hydrogens is 296 g/mol. The minimum atomic E-state index is -3.84. The van der Waals surface area contributed by atoms with Gasteiger partial charge in [0.2, 0.25) is 10.0 Å². The van der Waals surface area contributed by atoms with Crippen LogP contribution in [0.2, 0.25) is 0 Å². The standard InChI is InChI=1S/C12H16ClF2NO2S/c1-9(2)16(7-3-6-13)19(17,18)10-4-5-11(14)12(15)8-10/h4-5,8-9H,3,6-7H2,1-2H3. The maximum Gasteiger partial charge on any atom is 0.243 e. The van der Waals surface area contributed by atoms with Crippen LogP contribution in [0.25, 0.3) is 0 Å². The fraction of sp³-hybridized carbons (Fsp3) is 0.500. The molecule has 19 heavy (non-hydrogen) atoms. The first-order valence-corrected chi connectivity index (χ1v) is 7.81. The van der Waals surface area contributed by atoms with Gasteiger partial charge < -0.3 is 0 Å². The van der Waals surface area contributed by atoms with E-state index in [0.29, 0.717) is 18.4 Å². The summed E-state index contributed by atoms with van der Waals surface area (Å²) in [6, 6.07) is 2.27. The Morgan fingerprint density at radius 1 is 1.26 bits per heavy atom. The van der Waals surface area contributed by atoms with Crippen LogP contribution >= 0.6 is 11.6 Å². The van der Waals surface area contributed by atoms with Crippen LogP contribution in [0.4, 0.5) is 8.78 Å². The molecule has 0 radical (unpaired) electrons. The summed E-state index contributed by atoms with van der Waals surface area (Å²) in [5, 5.41) is 0. The third kappa shape index (κ3) is 3.87. The van der Waals surface area contributed by atoms with Crippen molar-refractivity contribution in [1.82, 2.24) is 4.31 Å². The molecule has 0 aliphatic carbocycles. The van der Waals surface area contributed by atoms with E-state index in [4.69, 9.17) is 11.6 Å². The van der Waals surface area contributed by atoms with Crippen molar-refractivity contribution < 1.29 is 17.2 Å². The van der Waals surface area contributed by atoms with Crippen molar-refractivity contribution in [3.63, 3.8) is 0 Å². The quantitative estimate of drug-likeness (QED) is 0.757. The maximum atomic E-state index is 13.1. The number of alkyl halides is 1. The smallest absolute Gasteiger partial charge is 0.207 e. The van der Waals surface area contributed by atoms with E-state index in [1.54, 1.807) is 13.8 Å². The largest absolute Gasteiger partial charge is 0.243 e. The Labute approximate surface area is 117 Å². The second-order valence-electron chi connectivity index (χ2n) is 4.33. The summed E-state index contributed by atoms with van der Waals surface area (Å²) in [6.07, 6.45) is 0.489. The second kappa shape index (κ2) is 6.63. The maximum absolute atomic E-state index is 13.1. The van der Waals surface area contributed by atoms with Crippen LogP contribution in [0, 0.1) is 11.6 Å². The summed E-state index contributed by atoms with van der Waals surface area (Å²) in [7, 11) is -3.84. The van der Waals surface area contributed by atoms with E-state index in [-0.39, 0.29) is 17.5 Å². The molecule has 0 amide bonds. The van der Waals surface area contributed by atoms with Crippen molar-refractivity contribution in [3.05, 3.63) is 29.8 Å². The molecule has 1 rings (SSSR count). The van der Waals surface area contributed by atoms with E-state index in [9.17, 15) is 17.2 Å². The third-order valence-corrected chi connectivity index (χ3v) is 4.92. The van der Waals surface area contributed by atoms with Gasteiger partial charge in [-0.25, -0.2) is 17.2 Å². The molecule has 0 spiro atoms. The van der Waals surface area contributed by atoms with Crippen molar-refractivity contribution in [1.29, 1.82) is 0 Å². The second-order valence-corrected chi connectivity index (χ2v) is 6.60. The van der Waals surface area contributed by atoms with Gasteiger partial charge in [0, 0.05) is 18.5 Å². The van der Waals surface area contributed by atoms with Crippen molar-refractivity contribution in [2.75, 3.05) is 12.4 Å². The van der Waals surface area contributed by atoms with Crippen LogP contribution in [-0.4, -0.2) is 31.2 Å². The van der Waals surface area contributed by atoms with E-state index in [0.717, 1.165) is 12.1 Å². The number of hydrogen-bond acceptors (Lipinski definition) is 2. The van der Waals surface area contributed by atoms with Crippen LogP contribution in [0.5, 0.6) is 0 Å². The molecule has 0 bridgehead atoms. The molecular formula is C12H16ClF2NO2S. The number of halogens is 3. The lowest BCUT2D eigenvalue weighted by molar-refractivity contribution is 0.354. The van der Waals surface area contributed by atoms with Crippen molar-refractivity contribution in [2.24, 2.45) is 0 Å². The average molecular weight is 312 g/mol. The van der Waals surface area contributed by atoms with Crippen molar-refractivity contribution in [3.8, 4) is 0 Å². The molecule has 1 aromatic rings. The number of sulfonamides is 1.